The van der Waals surface area contributed by atoms with Crippen molar-refractivity contribution in [2.24, 2.45) is 0 Å². The van der Waals surface area contributed by atoms with Gasteiger partial charge in [-0.2, -0.15) is 0 Å². The van der Waals surface area contributed by atoms with Gasteiger partial charge in [-0.05, 0) is 170 Å². The minimum absolute atomic E-state index is 0.808. The summed E-state index contributed by atoms with van der Waals surface area (Å²) in [4.78, 5) is 11.4. The Bertz CT molecular complexity index is 4650. The Morgan fingerprint density at radius 2 is 0.582 bits per heavy atom. The van der Waals surface area contributed by atoms with E-state index in [-0.39, 0.29) is 0 Å². The van der Waals surface area contributed by atoms with E-state index < -0.39 is 0 Å². The standard InChI is InChI=1S/C73H58N6/c1-43-22-28-59-53(37-43)54-38-44(2)23-29-60(54)76(59)70-69(51-35-49(7)34-50(8)36-51)71(77-61-30-24-45(3)39-55(61)56-40-46(4)25-31-62(56)77)73(74-72(70)78-63-32-26-47(5)41-57(63)58-42-48(6)27-33-64(58)78)79-67-20-14-12-18-65(67)75(52-16-10-9-11-17-52)66-19-13-15-21-68(66)79/h9-42H,1-8H3. The predicted molar refractivity (Wildman–Crippen MR) is 334 cm³/mol. The molecule has 5 heterocycles. The first-order valence-corrected chi connectivity index (χ1v) is 27.5. The van der Waals surface area contributed by atoms with Gasteiger partial charge in [0.25, 0.3) is 0 Å². The van der Waals surface area contributed by atoms with Gasteiger partial charge in [0.2, 0.25) is 0 Å². The highest BCUT2D eigenvalue weighted by molar-refractivity contribution is 6.16. The van der Waals surface area contributed by atoms with Crippen LogP contribution in [0.3, 0.4) is 0 Å². The third-order valence-corrected chi connectivity index (χ3v) is 16.5. The molecule has 0 bridgehead atoms. The Morgan fingerprint density at radius 3 is 0.949 bits per heavy atom. The van der Waals surface area contributed by atoms with Crippen molar-refractivity contribution < 1.29 is 0 Å². The molecule has 380 valence electrons. The first-order chi connectivity index (χ1) is 38.5. The normalized spacial score (nSPS) is 12.5. The van der Waals surface area contributed by atoms with Gasteiger partial charge < -0.3 is 14.0 Å². The largest absolute Gasteiger partial charge is 0.306 e. The Kier molecular flexibility index (Phi) is 10.3. The highest BCUT2D eigenvalue weighted by atomic mass is 15.3. The lowest BCUT2D eigenvalue weighted by Gasteiger charge is -2.41. The van der Waals surface area contributed by atoms with Gasteiger partial charge >= 0.3 is 0 Å². The fourth-order valence-corrected chi connectivity index (χ4v) is 13.2. The van der Waals surface area contributed by atoms with E-state index in [4.69, 9.17) is 4.98 Å². The lowest BCUT2D eigenvalue weighted by molar-refractivity contribution is 0.991. The molecule has 6 heteroatoms. The van der Waals surface area contributed by atoms with Crippen molar-refractivity contribution in [2.75, 3.05) is 9.80 Å². The smallest absolute Gasteiger partial charge is 0.165 e. The van der Waals surface area contributed by atoms with Crippen molar-refractivity contribution in [3.05, 3.63) is 251 Å². The maximum absolute atomic E-state index is 6.55. The van der Waals surface area contributed by atoms with Crippen LogP contribution >= 0.6 is 0 Å². The minimum atomic E-state index is 0.808. The van der Waals surface area contributed by atoms with Crippen LogP contribution in [0.4, 0.5) is 34.3 Å². The number of anilines is 6. The summed E-state index contributed by atoms with van der Waals surface area (Å²) in [5, 5.41) is 7.20. The fraction of sp³-hybridized carbons (Fsp3) is 0.110. The summed E-state index contributed by atoms with van der Waals surface area (Å²) in [6, 6.07) is 77.4. The number of nitrogens with zero attached hydrogens (tertiary/aromatic N) is 6. The average molecular weight is 1020 g/mol. The zero-order valence-electron chi connectivity index (χ0n) is 45.8. The van der Waals surface area contributed by atoms with E-state index in [1.165, 1.54) is 76.8 Å². The average Bonchev–Trinajstić information content (AvgIpc) is 3.06. The van der Waals surface area contributed by atoms with Crippen LogP contribution in [-0.2, 0) is 0 Å². The molecule has 0 unspecified atom stereocenters. The quantitative estimate of drug-likeness (QED) is 0.166. The van der Waals surface area contributed by atoms with E-state index in [9.17, 15) is 0 Å². The maximum atomic E-state index is 6.55. The number of aromatic nitrogens is 4. The van der Waals surface area contributed by atoms with E-state index in [0.29, 0.717) is 0 Å². The third kappa shape index (κ3) is 7.07. The summed E-state index contributed by atoms with van der Waals surface area (Å²) < 4.78 is 7.60. The van der Waals surface area contributed by atoms with Gasteiger partial charge in [0.1, 0.15) is 11.4 Å². The summed E-state index contributed by atoms with van der Waals surface area (Å²) in [7, 11) is 0. The Labute approximate surface area is 460 Å². The van der Waals surface area contributed by atoms with Gasteiger partial charge in [-0.25, -0.2) is 4.98 Å². The molecular formula is C73H58N6. The molecule has 0 saturated heterocycles. The van der Waals surface area contributed by atoms with E-state index >= 15 is 0 Å². The first kappa shape index (κ1) is 46.6. The van der Waals surface area contributed by atoms with Gasteiger partial charge in [-0.15, -0.1) is 0 Å². The second-order valence-electron chi connectivity index (χ2n) is 22.3. The number of pyridine rings is 1. The molecule has 0 radical (unpaired) electrons. The molecule has 10 aromatic carbocycles. The molecule has 79 heavy (non-hydrogen) atoms. The molecule has 6 nitrogen and oxygen atoms in total. The SMILES string of the molecule is Cc1cc(C)cc(-c2c(-n3c4ccc(C)cc4c4cc(C)ccc43)c(N3c4ccccc4N(c4ccccc4)c4ccccc43)nc(-n3c4ccc(C)cc4c4cc(C)ccc43)c2-n2c3ccc(C)cc3c3cc(C)ccc32)c1. The van der Waals surface area contributed by atoms with Crippen molar-refractivity contribution in [1.82, 2.24) is 18.7 Å². The third-order valence-electron chi connectivity index (χ3n) is 16.5. The fourth-order valence-electron chi connectivity index (χ4n) is 13.2. The molecule has 0 spiro atoms. The van der Waals surface area contributed by atoms with Crippen molar-refractivity contribution >= 4 is 99.7 Å². The second kappa shape index (κ2) is 17.4. The number of benzene rings is 10. The number of hydrogen-bond donors (Lipinski definition) is 0. The lowest BCUT2D eigenvalue weighted by Crippen LogP contribution is -2.26. The van der Waals surface area contributed by atoms with E-state index in [1.54, 1.807) is 0 Å². The van der Waals surface area contributed by atoms with Gasteiger partial charge in [0.15, 0.2) is 11.6 Å². The summed E-state index contributed by atoms with van der Waals surface area (Å²) in [6.45, 7) is 17.7. The summed E-state index contributed by atoms with van der Waals surface area (Å²) in [5.74, 6) is 1.63. The number of fused-ring (bicyclic) bond motifs is 11. The monoisotopic (exact) mass is 1020 g/mol. The molecule has 1 aliphatic rings. The Balaban J connectivity index is 1.25. The highest BCUT2D eigenvalue weighted by Crippen LogP contribution is 2.57. The van der Waals surface area contributed by atoms with E-state index in [0.717, 1.165) is 95.7 Å². The van der Waals surface area contributed by atoms with Gasteiger partial charge in [0.05, 0.1) is 55.8 Å². The van der Waals surface area contributed by atoms with Crippen LogP contribution in [-0.4, -0.2) is 18.7 Å². The number of hydrogen-bond acceptors (Lipinski definition) is 3. The summed E-state index contributed by atoms with van der Waals surface area (Å²) in [6.07, 6.45) is 0. The van der Waals surface area contributed by atoms with Crippen molar-refractivity contribution in [2.45, 2.75) is 55.4 Å². The molecule has 1 aliphatic heterocycles. The molecule has 14 aromatic rings. The van der Waals surface area contributed by atoms with Gasteiger partial charge in [0, 0.05) is 43.6 Å². The molecule has 0 N–H and O–H groups in total. The number of aryl methyl sites for hydroxylation is 8. The molecule has 0 amide bonds. The Hall–Kier alpha value is -9.65. The van der Waals surface area contributed by atoms with Crippen LogP contribution in [0.15, 0.2) is 206 Å². The van der Waals surface area contributed by atoms with Crippen LogP contribution < -0.4 is 9.80 Å². The molecule has 15 rings (SSSR count). The lowest BCUT2D eigenvalue weighted by atomic mass is 9.96. The number of para-hydroxylation sites is 5. The topological polar surface area (TPSA) is 34.2 Å². The molecule has 0 aliphatic carbocycles. The van der Waals surface area contributed by atoms with Crippen LogP contribution in [0.5, 0.6) is 0 Å². The van der Waals surface area contributed by atoms with E-state index in [2.05, 4.69) is 285 Å². The van der Waals surface area contributed by atoms with Crippen LogP contribution in [0, 0.1) is 55.4 Å². The van der Waals surface area contributed by atoms with Gasteiger partial charge in [-0.1, -0.05) is 142 Å². The first-order valence-electron chi connectivity index (χ1n) is 27.5. The number of rotatable bonds is 6. The predicted octanol–water partition coefficient (Wildman–Crippen LogP) is 19.8. The summed E-state index contributed by atoms with van der Waals surface area (Å²) >= 11 is 0. The molecule has 0 saturated carbocycles. The molecule has 4 aromatic heterocycles. The zero-order chi connectivity index (χ0) is 53.5. The van der Waals surface area contributed by atoms with Crippen molar-refractivity contribution in [3.63, 3.8) is 0 Å². The maximum Gasteiger partial charge on any atom is 0.165 e. The highest BCUT2D eigenvalue weighted by Gasteiger charge is 2.38. The van der Waals surface area contributed by atoms with Gasteiger partial charge in [-0.3, -0.25) is 9.47 Å². The van der Waals surface area contributed by atoms with Crippen LogP contribution in [0.25, 0.3) is 93.7 Å². The minimum Gasteiger partial charge on any atom is -0.306 e. The van der Waals surface area contributed by atoms with Crippen molar-refractivity contribution in [3.8, 4) is 28.3 Å². The van der Waals surface area contributed by atoms with Crippen LogP contribution in [0.1, 0.15) is 44.5 Å². The Morgan fingerprint density at radius 1 is 0.266 bits per heavy atom. The zero-order valence-corrected chi connectivity index (χ0v) is 45.8. The molecule has 0 fully saturated rings. The molecule has 0 atom stereocenters. The van der Waals surface area contributed by atoms with E-state index in [1.807, 2.05) is 0 Å². The molecular weight excluding hydrogens is 961 g/mol. The second-order valence-corrected chi connectivity index (χ2v) is 22.3. The van der Waals surface area contributed by atoms with Crippen molar-refractivity contribution in [1.29, 1.82) is 0 Å². The summed E-state index contributed by atoms with van der Waals surface area (Å²) in [5.41, 5.74) is 25.7. The van der Waals surface area contributed by atoms with Crippen LogP contribution in [0.2, 0.25) is 0 Å².